The van der Waals surface area contributed by atoms with Gasteiger partial charge in [0.1, 0.15) is 0 Å². The zero-order valence-corrected chi connectivity index (χ0v) is 11.4. The van der Waals surface area contributed by atoms with E-state index in [2.05, 4.69) is 20.4 Å². The van der Waals surface area contributed by atoms with Gasteiger partial charge in [0.2, 0.25) is 5.95 Å². The van der Waals surface area contributed by atoms with Crippen LogP contribution in [0.5, 0.6) is 0 Å². The Kier molecular flexibility index (Phi) is 2.77. The van der Waals surface area contributed by atoms with Crippen LogP contribution >= 0.6 is 0 Å². The lowest BCUT2D eigenvalue weighted by Gasteiger charge is -2.15. The molecule has 3 aromatic rings. The second kappa shape index (κ2) is 4.57. The van der Waals surface area contributed by atoms with Crippen LogP contribution < -0.4 is 5.32 Å². The van der Waals surface area contributed by atoms with Crippen molar-refractivity contribution in [1.82, 2.24) is 25.1 Å². The molecule has 2 aromatic heterocycles. The van der Waals surface area contributed by atoms with E-state index in [1.54, 1.807) is 6.07 Å². The number of aromatic amines is 1. The number of H-pyrrole nitrogens is 1. The minimum atomic E-state index is -4.47. The standard InChI is InChI=1S/C14H12F3N5/c15-14(16,17)12-8-7-18-6-5-11(8)22(21-12)13-19-9-3-1-2-4-10(9)20-13/h1-4,18H,5-7H2,(H,19,20). The molecule has 22 heavy (non-hydrogen) atoms. The molecular formula is C14H12F3N5. The summed E-state index contributed by atoms with van der Waals surface area (Å²) in [6.45, 7) is 0.792. The quantitative estimate of drug-likeness (QED) is 0.726. The van der Waals surface area contributed by atoms with Crippen molar-refractivity contribution in [2.45, 2.75) is 19.1 Å². The molecule has 0 amide bonds. The van der Waals surface area contributed by atoms with Gasteiger partial charge in [-0.15, -0.1) is 0 Å². The SMILES string of the molecule is FC(F)(F)c1nn(-c2nc3ccccc3[nH]2)c2c1CNCC2. The van der Waals surface area contributed by atoms with Crippen LogP contribution in [0.2, 0.25) is 0 Å². The minimum Gasteiger partial charge on any atom is -0.322 e. The van der Waals surface area contributed by atoms with Crippen molar-refractivity contribution < 1.29 is 13.2 Å². The van der Waals surface area contributed by atoms with E-state index in [9.17, 15) is 13.2 Å². The summed E-state index contributed by atoms with van der Waals surface area (Å²) in [7, 11) is 0. The highest BCUT2D eigenvalue weighted by Gasteiger charge is 2.40. The predicted octanol–water partition coefficient (Wildman–Crippen LogP) is 2.41. The Morgan fingerprint density at radius 1 is 1.18 bits per heavy atom. The van der Waals surface area contributed by atoms with Crippen LogP contribution in [-0.2, 0) is 19.1 Å². The van der Waals surface area contributed by atoms with E-state index in [0.717, 1.165) is 5.52 Å². The number of nitrogens with zero attached hydrogens (tertiary/aromatic N) is 3. The van der Waals surface area contributed by atoms with E-state index in [1.165, 1.54) is 4.68 Å². The van der Waals surface area contributed by atoms with Crippen LogP contribution in [0.25, 0.3) is 17.0 Å². The molecule has 0 unspecified atom stereocenters. The van der Waals surface area contributed by atoms with E-state index >= 15 is 0 Å². The number of nitrogens with one attached hydrogen (secondary N) is 2. The van der Waals surface area contributed by atoms with Gasteiger partial charge in [-0.05, 0) is 12.1 Å². The Morgan fingerprint density at radius 3 is 2.77 bits per heavy atom. The maximum atomic E-state index is 13.2. The number of hydrogen-bond donors (Lipinski definition) is 2. The molecule has 5 nitrogen and oxygen atoms in total. The van der Waals surface area contributed by atoms with Crippen LogP contribution in [-0.4, -0.2) is 26.3 Å². The molecule has 0 aliphatic carbocycles. The maximum Gasteiger partial charge on any atom is 0.435 e. The van der Waals surface area contributed by atoms with Gasteiger partial charge in [-0.3, -0.25) is 0 Å². The molecule has 114 valence electrons. The zero-order chi connectivity index (χ0) is 15.3. The first-order chi connectivity index (χ1) is 10.5. The Balaban J connectivity index is 1.93. The maximum absolute atomic E-state index is 13.2. The molecule has 1 aliphatic rings. The number of para-hydroxylation sites is 2. The Hall–Kier alpha value is -2.35. The number of halogens is 3. The average molecular weight is 307 g/mol. The van der Waals surface area contributed by atoms with Gasteiger partial charge in [-0.1, -0.05) is 12.1 Å². The largest absolute Gasteiger partial charge is 0.435 e. The van der Waals surface area contributed by atoms with Crippen LogP contribution in [0.15, 0.2) is 24.3 Å². The Morgan fingerprint density at radius 2 is 2.00 bits per heavy atom. The molecule has 0 radical (unpaired) electrons. The molecule has 4 rings (SSSR count). The first kappa shape index (κ1) is 13.3. The summed E-state index contributed by atoms with van der Waals surface area (Å²) in [5, 5.41) is 6.75. The van der Waals surface area contributed by atoms with E-state index in [4.69, 9.17) is 0 Å². The highest BCUT2D eigenvalue weighted by molar-refractivity contribution is 5.76. The Labute approximate surface area is 123 Å². The fourth-order valence-electron chi connectivity index (χ4n) is 2.79. The Bertz CT molecular complexity index is 813. The van der Waals surface area contributed by atoms with E-state index < -0.39 is 11.9 Å². The van der Waals surface area contributed by atoms with Crippen molar-refractivity contribution >= 4 is 11.0 Å². The van der Waals surface area contributed by atoms with Crippen LogP contribution in [0.3, 0.4) is 0 Å². The second-order valence-electron chi connectivity index (χ2n) is 5.19. The molecule has 0 atom stereocenters. The number of benzene rings is 1. The third-order valence-corrected chi connectivity index (χ3v) is 3.78. The molecule has 0 bridgehead atoms. The lowest BCUT2D eigenvalue weighted by Crippen LogP contribution is -2.26. The van der Waals surface area contributed by atoms with Gasteiger partial charge in [0, 0.05) is 25.1 Å². The smallest absolute Gasteiger partial charge is 0.322 e. The van der Waals surface area contributed by atoms with Gasteiger partial charge in [0.15, 0.2) is 5.69 Å². The van der Waals surface area contributed by atoms with Gasteiger partial charge >= 0.3 is 6.18 Å². The third-order valence-electron chi connectivity index (χ3n) is 3.78. The van der Waals surface area contributed by atoms with Crippen molar-refractivity contribution in [3.63, 3.8) is 0 Å². The molecule has 1 aliphatic heterocycles. The lowest BCUT2D eigenvalue weighted by molar-refractivity contribution is -0.142. The van der Waals surface area contributed by atoms with E-state index in [1.807, 2.05) is 18.2 Å². The fourth-order valence-corrected chi connectivity index (χ4v) is 2.79. The summed E-state index contributed by atoms with van der Waals surface area (Å²) < 4.78 is 40.8. The third kappa shape index (κ3) is 1.98. The van der Waals surface area contributed by atoms with Crippen LogP contribution in [0.4, 0.5) is 13.2 Å². The summed E-state index contributed by atoms with van der Waals surface area (Å²) in [5.41, 5.74) is 1.40. The molecule has 0 saturated carbocycles. The van der Waals surface area contributed by atoms with Crippen molar-refractivity contribution in [3.8, 4) is 5.95 Å². The number of hydrogen-bond acceptors (Lipinski definition) is 3. The number of alkyl halides is 3. The summed E-state index contributed by atoms with van der Waals surface area (Å²) in [4.78, 5) is 7.37. The fraction of sp³-hybridized carbons (Fsp3) is 0.286. The summed E-state index contributed by atoms with van der Waals surface area (Å²) in [5.74, 6) is 0.315. The van der Waals surface area contributed by atoms with Crippen molar-refractivity contribution in [2.24, 2.45) is 0 Å². The molecular weight excluding hydrogens is 295 g/mol. The molecule has 0 saturated heterocycles. The monoisotopic (exact) mass is 307 g/mol. The highest BCUT2D eigenvalue weighted by Crippen LogP contribution is 2.34. The van der Waals surface area contributed by atoms with Gasteiger partial charge in [0.05, 0.1) is 16.7 Å². The van der Waals surface area contributed by atoms with E-state index in [-0.39, 0.29) is 12.1 Å². The highest BCUT2D eigenvalue weighted by atomic mass is 19.4. The zero-order valence-electron chi connectivity index (χ0n) is 11.4. The average Bonchev–Trinajstić information content (AvgIpc) is 3.07. The van der Waals surface area contributed by atoms with Gasteiger partial charge < -0.3 is 10.3 Å². The molecule has 1 aromatic carbocycles. The second-order valence-corrected chi connectivity index (χ2v) is 5.19. The van der Waals surface area contributed by atoms with Crippen LogP contribution in [0.1, 0.15) is 17.0 Å². The molecule has 0 spiro atoms. The van der Waals surface area contributed by atoms with Gasteiger partial charge in [-0.25, -0.2) is 9.67 Å². The first-order valence-corrected chi connectivity index (χ1v) is 6.88. The summed E-state index contributed by atoms with van der Waals surface area (Å²) >= 11 is 0. The van der Waals surface area contributed by atoms with Gasteiger partial charge in [-0.2, -0.15) is 18.3 Å². The summed E-state index contributed by atoms with van der Waals surface area (Å²) in [6, 6.07) is 7.30. The minimum absolute atomic E-state index is 0.171. The van der Waals surface area contributed by atoms with Crippen molar-refractivity contribution in [2.75, 3.05) is 6.54 Å². The number of imidazole rings is 1. The normalized spacial score (nSPS) is 15.2. The summed E-state index contributed by atoms with van der Waals surface area (Å²) in [6.07, 6.45) is -3.99. The van der Waals surface area contributed by atoms with Gasteiger partial charge in [0.25, 0.3) is 0 Å². The van der Waals surface area contributed by atoms with Crippen molar-refractivity contribution in [1.29, 1.82) is 0 Å². The number of aromatic nitrogens is 4. The van der Waals surface area contributed by atoms with E-state index in [0.29, 0.717) is 30.1 Å². The molecule has 8 heteroatoms. The number of rotatable bonds is 1. The first-order valence-electron chi connectivity index (χ1n) is 6.88. The molecule has 0 fully saturated rings. The predicted molar refractivity (Wildman–Crippen MR) is 73.6 cm³/mol. The molecule has 3 heterocycles. The lowest BCUT2D eigenvalue weighted by atomic mass is 10.1. The van der Waals surface area contributed by atoms with Crippen molar-refractivity contribution in [3.05, 3.63) is 41.2 Å². The van der Waals surface area contributed by atoms with Crippen LogP contribution in [0, 0.1) is 0 Å². The number of fused-ring (bicyclic) bond motifs is 2. The topological polar surface area (TPSA) is 58.5 Å². The molecule has 2 N–H and O–H groups in total.